The Hall–Kier alpha value is -1.11. The first kappa shape index (κ1) is 15.8. The van der Waals surface area contributed by atoms with E-state index in [0.29, 0.717) is 10.0 Å². The molecule has 0 unspecified atom stereocenters. The average molecular weight is 402 g/mol. The fourth-order valence-electron chi connectivity index (χ4n) is 2.33. The zero-order valence-electron chi connectivity index (χ0n) is 11.3. The molecule has 22 heavy (non-hydrogen) atoms. The van der Waals surface area contributed by atoms with Crippen molar-refractivity contribution in [1.82, 2.24) is 10.3 Å². The van der Waals surface area contributed by atoms with Crippen molar-refractivity contribution < 1.29 is 9.18 Å². The highest BCUT2D eigenvalue weighted by Gasteiger charge is 2.24. The molecular weight excluding hydrogens is 391 g/mol. The standard InChI is InChI=1S/C15H11BrClFN2OS/c16-8-5-11(14(17)19-7-8)15(21)20-12-3-4-22-13-2-1-9(18)6-10(12)13/h1-2,5-7,12H,3-4H2,(H,20,21)/t12-/m0/s1. The summed E-state index contributed by atoms with van der Waals surface area (Å²) >= 11 is 10.9. The Bertz CT molecular complexity index is 743. The molecule has 0 fully saturated rings. The summed E-state index contributed by atoms with van der Waals surface area (Å²) in [6.07, 6.45) is 2.27. The summed E-state index contributed by atoms with van der Waals surface area (Å²) in [5.74, 6) is 0.252. The second kappa shape index (κ2) is 6.56. The van der Waals surface area contributed by atoms with E-state index in [4.69, 9.17) is 11.6 Å². The number of thioether (sulfide) groups is 1. The summed E-state index contributed by atoms with van der Waals surface area (Å²) in [5, 5.41) is 3.07. The van der Waals surface area contributed by atoms with Crippen LogP contribution in [0.5, 0.6) is 0 Å². The number of rotatable bonds is 2. The van der Waals surface area contributed by atoms with Gasteiger partial charge in [0.05, 0.1) is 11.6 Å². The van der Waals surface area contributed by atoms with Gasteiger partial charge >= 0.3 is 0 Å². The maximum atomic E-state index is 13.5. The van der Waals surface area contributed by atoms with Crippen molar-refractivity contribution in [2.75, 3.05) is 5.75 Å². The van der Waals surface area contributed by atoms with Crippen LogP contribution in [0.15, 0.2) is 39.8 Å². The van der Waals surface area contributed by atoms with Crippen LogP contribution in [-0.2, 0) is 0 Å². The number of halogens is 3. The maximum absolute atomic E-state index is 13.5. The van der Waals surface area contributed by atoms with E-state index in [1.54, 1.807) is 23.9 Å². The molecule has 1 aromatic heterocycles. The van der Waals surface area contributed by atoms with Crippen LogP contribution in [0.4, 0.5) is 4.39 Å². The summed E-state index contributed by atoms with van der Waals surface area (Å²) < 4.78 is 14.2. The molecule has 0 saturated heterocycles. The second-order valence-electron chi connectivity index (χ2n) is 4.84. The first-order valence-corrected chi connectivity index (χ1v) is 8.74. The van der Waals surface area contributed by atoms with Gasteiger partial charge in [-0.1, -0.05) is 11.6 Å². The predicted molar refractivity (Wildman–Crippen MR) is 88.9 cm³/mol. The third-order valence-electron chi connectivity index (χ3n) is 3.37. The molecule has 1 aliphatic heterocycles. The van der Waals surface area contributed by atoms with Gasteiger partial charge in [-0.05, 0) is 52.2 Å². The molecule has 1 N–H and O–H groups in total. The number of nitrogens with zero attached hydrogens (tertiary/aromatic N) is 1. The lowest BCUT2D eigenvalue weighted by Crippen LogP contribution is -2.31. The second-order valence-corrected chi connectivity index (χ2v) is 7.25. The van der Waals surface area contributed by atoms with Gasteiger partial charge in [0.25, 0.3) is 5.91 Å². The molecule has 1 aliphatic rings. The average Bonchev–Trinajstić information content (AvgIpc) is 2.50. The fourth-order valence-corrected chi connectivity index (χ4v) is 3.96. The number of aromatic nitrogens is 1. The van der Waals surface area contributed by atoms with Gasteiger partial charge < -0.3 is 5.32 Å². The van der Waals surface area contributed by atoms with Crippen molar-refractivity contribution in [3.63, 3.8) is 0 Å². The topological polar surface area (TPSA) is 42.0 Å². The smallest absolute Gasteiger partial charge is 0.254 e. The van der Waals surface area contributed by atoms with Crippen LogP contribution < -0.4 is 5.32 Å². The Morgan fingerprint density at radius 1 is 1.45 bits per heavy atom. The van der Waals surface area contributed by atoms with Crippen molar-refractivity contribution in [1.29, 1.82) is 0 Å². The minimum Gasteiger partial charge on any atom is -0.345 e. The normalized spacial score (nSPS) is 17.0. The Morgan fingerprint density at radius 2 is 2.27 bits per heavy atom. The van der Waals surface area contributed by atoms with Crippen molar-refractivity contribution in [2.45, 2.75) is 17.4 Å². The van der Waals surface area contributed by atoms with Crippen molar-refractivity contribution in [3.05, 3.63) is 57.0 Å². The number of pyridine rings is 1. The molecule has 114 valence electrons. The summed E-state index contributed by atoms with van der Waals surface area (Å²) in [6.45, 7) is 0. The van der Waals surface area contributed by atoms with Gasteiger partial charge in [-0.25, -0.2) is 9.37 Å². The van der Waals surface area contributed by atoms with E-state index in [0.717, 1.165) is 22.6 Å². The van der Waals surface area contributed by atoms with E-state index in [-0.39, 0.29) is 22.9 Å². The number of amides is 1. The van der Waals surface area contributed by atoms with Crippen molar-refractivity contribution in [3.8, 4) is 0 Å². The molecular formula is C15H11BrClFN2OS. The third-order valence-corrected chi connectivity index (χ3v) is 5.22. The van der Waals surface area contributed by atoms with Crippen LogP contribution in [0, 0.1) is 5.82 Å². The van der Waals surface area contributed by atoms with Gasteiger partial charge in [-0.2, -0.15) is 0 Å². The lowest BCUT2D eigenvalue weighted by molar-refractivity contribution is 0.0934. The van der Waals surface area contributed by atoms with E-state index < -0.39 is 0 Å². The van der Waals surface area contributed by atoms with Crippen LogP contribution >= 0.6 is 39.3 Å². The van der Waals surface area contributed by atoms with E-state index in [9.17, 15) is 9.18 Å². The quantitative estimate of drug-likeness (QED) is 0.748. The first-order valence-electron chi connectivity index (χ1n) is 6.59. The number of hydrogen-bond acceptors (Lipinski definition) is 3. The van der Waals surface area contributed by atoms with Crippen LogP contribution in [0.1, 0.15) is 28.4 Å². The third kappa shape index (κ3) is 3.29. The Kier molecular flexibility index (Phi) is 4.70. The largest absolute Gasteiger partial charge is 0.345 e. The highest BCUT2D eigenvalue weighted by Crippen LogP contribution is 2.36. The zero-order valence-corrected chi connectivity index (χ0v) is 14.4. The Balaban J connectivity index is 1.87. The molecule has 2 heterocycles. The molecule has 3 rings (SSSR count). The van der Waals surface area contributed by atoms with Gasteiger partial charge in [-0.3, -0.25) is 4.79 Å². The summed E-state index contributed by atoms with van der Waals surface area (Å²) in [5.41, 5.74) is 1.11. The number of benzene rings is 1. The predicted octanol–water partition coefficient (Wildman–Crippen LogP) is 4.60. The van der Waals surface area contributed by atoms with E-state index in [1.165, 1.54) is 18.3 Å². The molecule has 0 spiro atoms. The van der Waals surface area contributed by atoms with Crippen molar-refractivity contribution in [2.24, 2.45) is 0 Å². The van der Waals surface area contributed by atoms with Gasteiger partial charge in [0, 0.05) is 21.3 Å². The molecule has 3 nitrogen and oxygen atoms in total. The molecule has 1 atom stereocenters. The summed E-state index contributed by atoms with van der Waals surface area (Å²) in [7, 11) is 0. The first-order chi connectivity index (χ1) is 10.5. The highest BCUT2D eigenvalue weighted by atomic mass is 79.9. The van der Waals surface area contributed by atoms with Crippen LogP contribution in [0.3, 0.4) is 0 Å². The lowest BCUT2D eigenvalue weighted by Gasteiger charge is -2.26. The maximum Gasteiger partial charge on any atom is 0.254 e. The molecule has 0 aliphatic carbocycles. The minimum absolute atomic E-state index is 0.144. The number of hydrogen-bond donors (Lipinski definition) is 1. The molecule has 2 aromatic rings. The Morgan fingerprint density at radius 3 is 3.09 bits per heavy atom. The molecule has 1 aromatic carbocycles. The van der Waals surface area contributed by atoms with Crippen LogP contribution in [0.25, 0.3) is 0 Å². The highest BCUT2D eigenvalue weighted by molar-refractivity contribution is 9.10. The van der Waals surface area contributed by atoms with E-state index in [1.807, 2.05) is 0 Å². The summed E-state index contributed by atoms with van der Waals surface area (Å²) in [4.78, 5) is 17.4. The minimum atomic E-state index is -0.314. The van der Waals surface area contributed by atoms with Gasteiger partial charge in [0.2, 0.25) is 0 Å². The van der Waals surface area contributed by atoms with Gasteiger partial charge in [-0.15, -0.1) is 11.8 Å². The van der Waals surface area contributed by atoms with Gasteiger partial charge in [0.1, 0.15) is 11.0 Å². The van der Waals surface area contributed by atoms with Crippen LogP contribution in [-0.4, -0.2) is 16.6 Å². The molecule has 0 saturated carbocycles. The SMILES string of the molecule is O=C(N[C@H]1CCSc2ccc(F)cc21)c1cc(Br)cnc1Cl. The molecule has 0 radical (unpaired) electrons. The van der Waals surface area contributed by atoms with Crippen molar-refractivity contribution >= 4 is 45.2 Å². The molecule has 7 heteroatoms. The lowest BCUT2D eigenvalue weighted by atomic mass is 10.0. The fraction of sp³-hybridized carbons (Fsp3) is 0.200. The number of fused-ring (bicyclic) bond motifs is 1. The molecule has 0 bridgehead atoms. The van der Waals surface area contributed by atoms with Gasteiger partial charge in [0.15, 0.2) is 0 Å². The van der Waals surface area contributed by atoms with E-state index in [2.05, 4.69) is 26.2 Å². The zero-order chi connectivity index (χ0) is 15.7. The van der Waals surface area contributed by atoms with Crippen LogP contribution in [0.2, 0.25) is 5.15 Å². The summed E-state index contributed by atoms with van der Waals surface area (Å²) in [6, 6.07) is 6.06. The van der Waals surface area contributed by atoms with E-state index >= 15 is 0 Å². The number of nitrogens with one attached hydrogen (secondary N) is 1. The molecule has 1 amide bonds. The number of carbonyl (C=O) groups is 1. The number of carbonyl (C=O) groups excluding carboxylic acids is 1. The monoisotopic (exact) mass is 400 g/mol. The Labute approximate surface area is 144 Å².